The lowest BCUT2D eigenvalue weighted by molar-refractivity contribution is 0.0697. The lowest BCUT2D eigenvalue weighted by Gasteiger charge is -2.08. The highest BCUT2D eigenvalue weighted by molar-refractivity contribution is 6.31. The Kier molecular flexibility index (Phi) is 4.49. The number of hydrogen-bond acceptors (Lipinski definition) is 2. The zero-order chi connectivity index (χ0) is 17.3. The summed E-state index contributed by atoms with van der Waals surface area (Å²) in [6.07, 6.45) is 0.625. The molecule has 2 N–H and O–H groups in total. The number of halogens is 1. The summed E-state index contributed by atoms with van der Waals surface area (Å²) in [4.78, 5) is 14.5. The standard InChI is InChI=1S/C19H18ClNO3/c1-3-24-14-6-4-12(17(20)10-14)8-15-11(2)21-18-7-5-13(19(22)23)9-16(15)18/h4-7,9-10,21H,3,8H2,1-2H3,(H,22,23). The summed E-state index contributed by atoms with van der Waals surface area (Å²) in [7, 11) is 0. The molecule has 0 saturated carbocycles. The maximum absolute atomic E-state index is 11.2. The third-order valence-electron chi connectivity index (χ3n) is 4.07. The number of fused-ring (bicyclic) bond motifs is 1. The van der Waals surface area contributed by atoms with E-state index in [1.165, 1.54) is 0 Å². The lowest BCUT2D eigenvalue weighted by Crippen LogP contribution is -1.96. The van der Waals surface area contributed by atoms with Gasteiger partial charge in [0.2, 0.25) is 0 Å². The van der Waals surface area contributed by atoms with E-state index in [0.29, 0.717) is 18.1 Å². The Bertz CT molecular complexity index is 914. The second kappa shape index (κ2) is 6.57. The minimum absolute atomic E-state index is 0.278. The molecular weight excluding hydrogens is 326 g/mol. The number of benzene rings is 2. The fraction of sp³-hybridized carbons (Fsp3) is 0.211. The number of carboxylic acid groups (broad SMARTS) is 1. The summed E-state index contributed by atoms with van der Waals surface area (Å²) in [5, 5.41) is 10.8. The van der Waals surface area contributed by atoms with Crippen LogP contribution in [0.3, 0.4) is 0 Å². The van der Waals surface area contributed by atoms with E-state index in [1.807, 2.05) is 32.0 Å². The molecule has 5 heteroatoms. The molecular formula is C19H18ClNO3. The van der Waals surface area contributed by atoms with E-state index in [4.69, 9.17) is 16.3 Å². The third kappa shape index (κ3) is 3.10. The van der Waals surface area contributed by atoms with Crippen LogP contribution in [-0.4, -0.2) is 22.7 Å². The van der Waals surface area contributed by atoms with Gasteiger partial charge >= 0.3 is 5.97 Å². The maximum atomic E-state index is 11.2. The van der Waals surface area contributed by atoms with Crippen molar-refractivity contribution in [2.45, 2.75) is 20.3 Å². The van der Waals surface area contributed by atoms with E-state index in [1.54, 1.807) is 18.2 Å². The molecule has 3 rings (SSSR count). The number of carboxylic acids is 1. The average molecular weight is 344 g/mol. The van der Waals surface area contributed by atoms with E-state index >= 15 is 0 Å². The minimum atomic E-state index is -0.930. The first-order valence-electron chi connectivity index (χ1n) is 7.75. The van der Waals surface area contributed by atoms with Crippen LogP contribution in [0.5, 0.6) is 5.75 Å². The molecule has 4 nitrogen and oxygen atoms in total. The van der Waals surface area contributed by atoms with Crippen LogP contribution in [0.1, 0.15) is 34.1 Å². The smallest absolute Gasteiger partial charge is 0.335 e. The second-order valence-electron chi connectivity index (χ2n) is 5.66. The van der Waals surface area contributed by atoms with E-state index < -0.39 is 5.97 Å². The van der Waals surface area contributed by atoms with E-state index in [2.05, 4.69) is 4.98 Å². The number of hydrogen-bond donors (Lipinski definition) is 2. The first-order chi connectivity index (χ1) is 11.5. The van der Waals surface area contributed by atoms with Crippen molar-refractivity contribution in [3.8, 4) is 5.75 Å². The molecule has 0 saturated heterocycles. The highest BCUT2D eigenvalue weighted by Crippen LogP contribution is 2.30. The number of H-pyrrole nitrogens is 1. The van der Waals surface area contributed by atoms with Gasteiger partial charge in [-0.3, -0.25) is 0 Å². The van der Waals surface area contributed by atoms with Gasteiger partial charge < -0.3 is 14.8 Å². The molecule has 0 aliphatic rings. The molecule has 0 radical (unpaired) electrons. The number of carbonyl (C=O) groups is 1. The third-order valence-corrected chi connectivity index (χ3v) is 4.42. The van der Waals surface area contributed by atoms with Gasteiger partial charge in [-0.05, 0) is 55.3 Å². The molecule has 0 aliphatic carbocycles. The molecule has 0 bridgehead atoms. The van der Waals surface area contributed by atoms with Crippen molar-refractivity contribution < 1.29 is 14.6 Å². The quantitative estimate of drug-likeness (QED) is 0.698. The van der Waals surface area contributed by atoms with Crippen LogP contribution in [-0.2, 0) is 6.42 Å². The lowest BCUT2D eigenvalue weighted by atomic mass is 10.0. The van der Waals surface area contributed by atoms with Gasteiger partial charge in [0, 0.05) is 28.0 Å². The molecule has 0 unspecified atom stereocenters. The number of aromatic amines is 1. The first-order valence-corrected chi connectivity index (χ1v) is 8.13. The first kappa shape index (κ1) is 16.4. The fourth-order valence-corrected chi connectivity index (χ4v) is 3.10. The van der Waals surface area contributed by atoms with Crippen molar-refractivity contribution in [3.63, 3.8) is 0 Å². The monoisotopic (exact) mass is 343 g/mol. The summed E-state index contributed by atoms with van der Waals surface area (Å²) in [5.41, 5.74) is 4.25. The molecule has 0 amide bonds. The molecule has 1 heterocycles. The van der Waals surface area contributed by atoms with E-state index in [-0.39, 0.29) is 5.56 Å². The SMILES string of the molecule is CCOc1ccc(Cc2c(C)[nH]c3ccc(C(=O)O)cc23)c(Cl)c1. The molecule has 0 fully saturated rings. The van der Waals surface area contributed by atoms with Gasteiger partial charge in [0.25, 0.3) is 0 Å². The normalized spacial score (nSPS) is 11.0. The van der Waals surface area contributed by atoms with Crippen molar-refractivity contribution in [2.24, 2.45) is 0 Å². The highest BCUT2D eigenvalue weighted by atomic mass is 35.5. The van der Waals surface area contributed by atoms with Crippen LogP contribution in [0, 0.1) is 6.92 Å². The molecule has 0 spiro atoms. The van der Waals surface area contributed by atoms with Crippen LogP contribution < -0.4 is 4.74 Å². The van der Waals surface area contributed by atoms with Crippen LogP contribution in [0.2, 0.25) is 5.02 Å². The van der Waals surface area contributed by atoms with Crippen LogP contribution in [0.25, 0.3) is 10.9 Å². The maximum Gasteiger partial charge on any atom is 0.335 e. The zero-order valence-corrected chi connectivity index (χ0v) is 14.3. The molecule has 24 heavy (non-hydrogen) atoms. The zero-order valence-electron chi connectivity index (χ0n) is 13.5. The van der Waals surface area contributed by atoms with Crippen molar-refractivity contribution in [2.75, 3.05) is 6.61 Å². The number of ether oxygens (including phenoxy) is 1. The van der Waals surface area contributed by atoms with Crippen molar-refractivity contribution in [1.29, 1.82) is 0 Å². The van der Waals surface area contributed by atoms with Crippen molar-refractivity contribution in [1.82, 2.24) is 4.98 Å². The van der Waals surface area contributed by atoms with E-state index in [0.717, 1.165) is 33.5 Å². The fourth-order valence-electron chi connectivity index (χ4n) is 2.86. The van der Waals surface area contributed by atoms with Crippen molar-refractivity contribution >= 4 is 28.5 Å². The van der Waals surface area contributed by atoms with Gasteiger partial charge in [-0.25, -0.2) is 4.79 Å². The molecule has 0 atom stereocenters. The number of nitrogens with one attached hydrogen (secondary N) is 1. The Morgan fingerprint density at radius 3 is 2.71 bits per heavy atom. The van der Waals surface area contributed by atoms with Crippen LogP contribution >= 0.6 is 11.6 Å². The molecule has 2 aromatic carbocycles. The van der Waals surface area contributed by atoms with Gasteiger partial charge in [0.15, 0.2) is 0 Å². The predicted octanol–water partition coefficient (Wildman–Crippen LogP) is 4.82. The largest absolute Gasteiger partial charge is 0.494 e. The predicted molar refractivity (Wildman–Crippen MR) is 95.4 cm³/mol. The Hall–Kier alpha value is -2.46. The highest BCUT2D eigenvalue weighted by Gasteiger charge is 2.13. The Balaban J connectivity index is 2.02. The molecule has 124 valence electrons. The Morgan fingerprint density at radius 1 is 1.25 bits per heavy atom. The number of aromatic nitrogens is 1. The number of aromatic carboxylic acids is 1. The van der Waals surface area contributed by atoms with Gasteiger partial charge in [0.05, 0.1) is 12.2 Å². The van der Waals surface area contributed by atoms with Gasteiger partial charge in [-0.1, -0.05) is 17.7 Å². The number of aryl methyl sites for hydroxylation is 1. The minimum Gasteiger partial charge on any atom is -0.494 e. The van der Waals surface area contributed by atoms with Gasteiger partial charge in [-0.15, -0.1) is 0 Å². The van der Waals surface area contributed by atoms with Crippen LogP contribution in [0.4, 0.5) is 0 Å². The molecule has 0 aliphatic heterocycles. The Labute approximate surface area is 145 Å². The summed E-state index contributed by atoms with van der Waals surface area (Å²) >= 11 is 6.38. The summed E-state index contributed by atoms with van der Waals surface area (Å²) < 4.78 is 5.46. The molecule has 3 aromatic rings. The Morgan fingerprint density at radius 2 is 2.04 bits per heavy atom. The average Bonchev–Trinajstić information content (AvgIpc) is 2.85. The van der Waals surface area contributed by atoms with Gasteiger partial charge in [-0.2, -0.15) is 0 Å². The second-order valence-corrected chi connectivity index (χ2v) is 6.06. The van der Waals surface area contributed by atoms with E-state index in [9.17, 15) is 9.90 Å². The summed E-state index contributed by atoms with van der Waals surface area (Å²) in [6.45, 7) is 4.50. The summed E-state index contributed by atoms with van der Waals surface area (Å²) in [5.74, 6) is -0.184. The topological polar surface area (TPSA) is 62.3 Å². The summed E-state index contributed by atoms with van der Waals surface area (Å²) in [6, 6.07) is 10.8. The molecule has 1 aromatic heterocycles. The van der Waals surface area contributed by atoms with Gasteiger partial charge in [0.1, 0.15) is 5.75 Å². The van der Waals surface area contributed by atoms with Crippen molar-refractivity contribution in [3.05, 3.63) is 63.8 Å². The number of rotatable bonds is 5. The van der Waals surface area contributed by atoms with Crippen LogP contribution in [0.15, 0.2) is 36.4 Å².